The average Bonchev–Trinajstić information content (AvgIpc) is 3.42. The van der Waals surface area contributed by atoms with Gasteiger partial charge in [0.1, 0.15) is 0 Å². The quantitative estimate of drug-likeness (QED) is 0.177. The van der Waals surface area contributed by atoms with E-state index >= 15 is 0 Å². The maximum absolute atomic E-state index is 13.1. The van der Waals surface area contributed by atoms with Crippen molar-refractivity contribution in [1.29, 1.82) is 0 Å². The molecule has 30 heavy (non-hydrogen) atoms. The molecule has 0 radical (unpaired) electrons. The molecule has 0 spiro atoms. The fourth-order valence-corrected chi connectivity index (χ4v) is 4.86. The summed E-state index contributed by atoms with van der Waals surface area (Å²) in [5, 5.41) is 11.9. The summed E-state index contributed by atoms with van der Waals surface area (Å²) in [6.07, 6.45) is 3.05. The van der Waals surface area contributed by atoms with Crippen molar-refractivity contribution < 1.29 is 4.42 Å². The summed E-state index contributed by atoms with van der Waals surface area (Å²) < 4.78 is 7.62. The van der Waals surface area contributed by atoms with Gasteiger partial charge in [0, 0.05) is 11.6 Å². The van der Waals surface area contributed by atoms with Crippen LogP contribution >= 0.6 is 34.7 Å². The molecule has 0 bridgehead atoms. The van der Waals surface area contributed by atoms with E-state index in [1.807, 2.05) is 24.4 Å². The number of fused-ring (bicyclic) bond motifs is 1. The van der Waals surface area contributed by atoms with Crippen LogP contribution in [0.5, 0.6) is 0 Å². The lowest BCUT2D eigenvalue weighted by Gasteiger charge is -2.15. The maximum atomic E-state index is 13.1. The van der Waals surface area contributed by atoms with E-state index in [2.05, 4.69) is 17.1 Å². The molecule has 0 aliphatic heterocycles. The Balaban J connectivity index is 1.67. The molecule has 4 aromatic rings. The molecule has 156 valence electrons. The molecule has 0 amide bonds. The van der Waals surface area contributed by atoms with Gasteiger partial charge in [-0.25, -0.2) is 4.98 Å². The molecular weight excluding hydrogens is 440 g/mol. The lowest BCUT2D eigenvalue weighted by molar-refractivity contribution is 0.507. The molecule has 1 unspecified atom stereocenters. The summed E-state index contributed by atoms with van der Waals surface area (Å²) in [7, 11) is 0. The smallest absolute Gasteiger partial charge is 0.262 e. The van der Waals surface area contributed by atoms with Crippen LogP contribution in [0.15, 0.2) is 50.1 Å². The maximum Gasteiger partial charge on any atom is 0.262 e. The molecule has 4 rings (SSSR count). The standard InChI is InChI=1S/C21H21ClN4O2S2/c1-3-4-5-10-26-20(27)15-9-8-14(22)12-16(15)23-21(26)30-13(2)18-24-25-19(28-18)17-7-6-11-29-17/h6-9,11-13H,3-5,10H2,1-2H3. The van der Waals surface area contributed by atoms with Crippen molar-refractivity contribution >= 4 is 45.6 Å². The number of aromatic nitrogens is 4. The number of rotatable bonds is 8. The molecule has 3 aromatic heterocycles. The van der Waals surface area contributed by atoms with Crippen LogP contribution < -0.4 is 5.56 Å². The molecule has 0 fully saturated rings. The van der Waals surface area contributed by atoms with Gasteiger partial charge in [-0.15, -0.1) is 21.5 Å². The van der Waals surface area contributed by atoms with Crippen molar-refractivity contribution in [3.8, 4) is 10.8 Å². The van der Waals surface area contributed by atoms with E-state index in [1.54, 1.807) is 34.1 Å². The van der Waals surface area contributed by atoms with Crippen LogP contribution in [0.2, 0.25) is 5.02 Å². The highest BCUT2D eigenvalue weighted by Gasteiger charge is 2.20. The van der Waals surface area contributed by atoms with Crippen LogP contribution in [0.4, 0.5) is 0 Å². The second-order valence-electron chi connectivity index (χ2n) is 6.90. The van der Waals surface area contributed by atoms with Gasteiger partial charge in [-0.1, -0.05) is 49.2 Å². The highest BCUT2D eigenvalue weighted by atomic mass is 35.5. The van der Waals surface area contributed by atoms with Crippen molar-refractivity contribution in [2.75, 3.05) is 0 Å². The number of thiophene rings is 1. The molecular formula is C21H21ClN4O2S2. The van der Waals surface area contributed by atoms with Crippen LogP contribution in [-0.4, -0.2) is 19.7 Å². The summed E-state index contributed by atoms with van der Waals surface area (Å²) in [5.74, 6) is 1.01. The van der Waals surface area contributed by atoms with Gasteiger partial charge in [0.05, 0.1) is 21.0 Å². The molecule has 1 atom stereocenters. The Kier molecular flexibility index (Phi) is 6.55. The number of hydrogen-bond acceptors (Lipinski definition) is 7. The highest BCUT2D eigenvalue weighted by Crippen LogP contribution is 2.35. The normalized spacial score (nSPS) is 12.5. The number of benzene rings is 1. The van der Waals surface area contributed by atoms with E-state index in [4.69, 9.17) is 21.0 Å². The van der Waals surface area contributed by atoms with Crippen molar-refractivity contribution in [2.24, 2.45) is 0 Å². The summed E-state index contributed by atoms with van der Waals surface area (Å²) in [6, 6.07) is 9.09. The third-order valence-corrected chi connectivity index (χ3v) is 6.84. The van der Waals surface area contributed by atoms with E-state index in [-0.39, 0.29) is 10.8 Å². The monoisotopic (exact) mass is 460 g/mol. The topological polar surface area (TPSA) is 73.8 Å². The van der Waals surface area contributed by atoms with Crippen LogP contribution in [0.3, 0.4) is 0 Å². The van der Waals surface area contributed by atoms with E-state index < -0.39 is 0 Å². The van der Waals surface area contributed by atoms with E-state index in [9.17, 15) is 4.79 Å². The van der Waals surface area contributed by atoms with Gasteiger partial charge in [0.2, 0.25) is 5.89 Å². The zero-order chi connectivity index (χ0) is 21.1. The summed E-state index contributed by atoms with van der Waals surface area (Å²) in [6.45, 7) is 4.74. The molecule has 0 saturated heterocycles. The van der Waals surface area contributed by atoms with Gasteiger partial charge in [0.15, 0.2) is 5.16 Å². The Morgan fingerprint density at radius 2 is 2.13 bits per heavy atom. The fraction of sp³-hybridized carbons (Fsp3) is 0.333. The Hall–Kier alpha value is -2.16. The minimum absolute atomic E-state index is 0.0488. The van der Waals surface area contributed by atoms with Crippen molar-refractivity contribution in [3.63, 3.8) is 0 Å². The highest BCUT2D eigenvalue weighted by molar-refractivity contribution is 7.99. The predicted molar refractivity (Wildman–Crippen MR) is 122 cm³/mol. The molecule has 1 aromatic carbocycles. The van der Waals surface area contributed by atoms with E-state index in [0.29, 0.717) is 39.4 Å². The Morgan fingerprint density at radius 3 is 2.90 bits per heavy atom. The van der Waals surface area contributed by atoms with Gasteiger partial charge in [-0.05, 0) is 43.0 Å². The first-order valence-corrected chi connectivity index (χ1v) is 11.9. The van der Waals surface area contributed by atoms with Crippen molar-refractivity contribution in [1.82, 2.24) is 19.7 Å². The first-order valence-electron chi connectivity index (χ1n) is 9.81. The summed E-state index contributed by atoms with van der Waals surface area (Å²) in [4.78, 5) is 18.8. The largest absolute Gasteiger partial charge is 0.419 e. The van der Waals surface area contributed by atoms with Gasteiger partial charge in [0.25, 0.3) is 11.4 Å². The van der Waals surface area contributed by atoms with Gasteiger partial charge in [-0.3, -0.25) is 9.36 Å². The molecule has 3 heterocycles. The first-order chi connectivity index (χ1) is 14.6. The molecule has 9 heteroatoms. The van der Waals surface area contributed by atoms with Gasteiger partial charge in [-0.2, -0.15) is 0 Å². The predicted octanol–water partition coefficient (Wildman–Crippen LogP) is 6.20. The van der Waals surface area contributed by atoms with Crippen LogP contribution in [0, 0.1) is 0 Å². The zero-order valence-corrected chi connectivity index (χ0v) is 19.1. The molecule has 0 N–H and O–H groups in total. The molecule has 0 saturated carbocycles. The minimum atomic E-state index is -0.160. The zero-order valence-electron chi connectivity index (χ0n) is 16.7. The fourth-order valence-electron chi connectivity index (χ4n) is 3.09. The lowest BCUT2D eigenvalue weighted by atomic mass is 10.2. The first kappa shape index (κ1) is 21.1. The number of unbranched alkanes of at least 4 members (excludes halogenated alkanes) is 2. The van der Waals surface area contributed by atoms with Crippen molar-refractivity contribution in [3.05, 3.63) is 57.0 Å². The Bertz CT molecular complexity index is 1200. The number of thioether (sulfide) groups is 1. The van der Waals surface area contributed by atoms with Crippen molar-refractivity contribution in [2.45, 2.75) is 50.1 Å². The van der Waals surface area contributed by atoms with Crippen LogP contribution in [0.1, 0.15) is 44.3 Å². The summed E-state index contributed by atoms with van der Waals surface area (Å²) >= 11 is 9.12. The number of hydrogen-bond donors (Lipinski definition) is 0. The molecule has 0 aliphatic carbocycles. The second kappa shape index (κ2) is 9.32. The Morgan fingerprint density at radius 1 is 1.27 bits per heavy atom. The third-order valence-electron chi connectivity index (χ3n) is 4.67. The molecule has 6 nitrogen and oxygen atoms in total. The summed E-state index contributed by atoms with van der Waals surface area (Å²) in [5.41, 5.74) is 0.547. The minimum Gasteiger partial charge on any atom is -0.419 e. The Labute approximate surface area is 187 Å². The van der Waals surface area contributed by atoms with Gasteiger partial charge < -0.3 is 4.42 Å². The lowest BCUT2D eigenvalue weighted by Crippen LogP contribution is -2.23. The second-order valence-corrected chi connectivity index (χ2v) is 9.59. The number of halogens is 1. The van der Waals surface area contributed by atoms with Crippen LogP contribution in [0.25, 0.3) is 21.7 Å². The molecule has 0 aliphatic rings. The van der Waals surface area contributed by atoms with E-state index in [1.165, 1.54) is 11.8 Å². The van der Waals surface area contributed by atoms with Crippen LogP contribution in [-0.2, 0) is 6.54 Å². The third kappa shape index (κ3) is 4.45. The van der Waals surface area contributed by atoms with E-state index in [0.717, 1.165) is 24.1 Å². The SMILES string of the molecule is CCCCCn1c(SC(C)c2nnc(-c3cccs3)o2)nc2cc(Cl)ccc2c1=O. The van der Waals surface area contributed by atoms with Gasteiger partial charge >= 0.3 is 0 Å². The average molecular weight is 461 g/mol. The number of nitrogens with zero attached hydrogens (tertiary/aromatic N) is 4.